The molecule has 3 aromatic rings. The number of methoxy groups -OCH3 is 1. The minimum atomic E-state index is -1.08. The van der Waals surface area contributed by atoms with Gasteiger partial charge >= 0.3 is 6.09 Å². The second kappa shape index (κ2) is 18.2. The van der Waals surface area contributed by atoms with Gasteiger partial charge in [-0.1, -0.05) is 23.7 Å². The molecule has 0 fully saturated rings. The summed E-state index contributed by atoms with van der Waals surface area (Å²) in [7, 11) is 1.61. The van der Waals surface area contributed by atoms with Gasteiger partial charge in [-0.3, -0.25) is 14.4 Å². The summed E-state index contributed by atoms with van der Waals surface area (Å²) in [4.78, 5) is 28.4. The average molecular weight is 659 g/mol. The second-order valence-corrected chi connectivity index (χ2v) is 10.5. The molecule has 1 aromatic heterocycles. The van der Waals surface area contributed by atoms with Crippen LogP contribution < -0.4 is 15.4 Å². The number of fused-ring (bicyclic) bond motifs is 3. The number of amides is 2. The molecule has 1 aliphatic heterocycles. The standard InChI is InChI=1S/C31H39ClN6O8/c1-21-36-37-30-26(20-28(39)33-9-11-43-13-15-45-17-18-46-16-14-44-12-10-34-31(40)41)35-29(22-3-5-23(32)6-4-22)25-19-24(42-2)7-8-27(25)38(21)30/h3-8,19,26,34H,9-18,20H2,1-2H3,(H,33,39)(H,40,41). The lowest BCUT2D eigenvalue weighted by atomic mass is 10.00. The molecular formula is C31H39ClN6O8. The maximum atomic E-state index is 13.1. The van der Waals surface area contributed by atoms with E-state index in [4.69, 9.17) is 45.4 Å². The van der Waals surface area contributed by atoms with E-state index in [9.17, 15) is 9.59 Å². The van der Waals surface area contributed by atoms with Crippen LogP contribution in [0, 0.1) is 6.92 Å². The minimum Gasteiger partial charge on any atom is -0.497 e. The lowest BCUT2D eigenvalue weighted by molar-refractivity contribution is -0.121. The molecule has 0 aliphatic carbocycles. The Kier molecular flexibility index (Phi) is 13.7. The molecule has 4 rings (SSSR count). The quantitative estimate of drug-likeness (QED) is 0.163. The van der Waals surface area contributed by atoms with Gasteiger partial charge < -0.3 is 39.4 Å². The van der Waals surface area contributed by atoms with E-state index >= 15 is 0 Å². The largest absolute Gasteiger partial charge is 0.497 e. The lowest BCUT2D eigenvalue weighted by Crippen LogP contribution is -2.29. The molecule has 1 unspecified atom stereocenters. The number of aromatic nitrogens is 3. The van der Waals surface area contributed by atoms with E-state index in [1.165, 1.54) is 0 Å². The normalized spacial score (nSPS) is 13.7. The van der Waals surface area contributed by atoms with Crippen molar-refractivity contribution in [2.45, 2.75) is 19.4 Å². The summed E-state index contributed by atoms with van der Waals surface area (Å²) in [5.74, 6) is 1.73. The van der Waals surface area contributed by atoms with Crippen LogP contribution in [0.15, 0.2) is 47.5 Å². The molecule has 0 saturated carbocycles. The van der Waals surface area contributed by atoms with Crippen LogP contribution in [0.25, 0.3) is 5.69 Å². The van der Waals surface area contributed by atoms with Gasteiger partial charge in [-0.25, -0.2) is 4.79 Å². The van der Waals surface area contributed by atoms with E-state index in [1.807, 2.05) is 41.8 Å². The number of rotatable bonds is 19. The summed E-state index contributed by atoms with van der Waals surface area (Å²) >= 11 is 6.17. The van der Waals surface area contributed by atoms with Gasteiger partial charge in [-0.2, -0.15) is 0 Å². The Morgan fingerprint density at radius 2 is 1.48 bits per heavy atom. The Labute approximate surface area is 272 Å². The topological polar surface area (TPSA) is 168 Å². The van der Waals surface area contributed by atoms with E-state index < -0.39 is 12.1 Å². The molecule has 2 aromatic carbocycles. The summed E-state index contributed by atoms with van der Waals surface area (Å²) in [6.45, 7) is 5.37. The predicted octanol–water partition coefficient (Wildman–Crippen LogP) is 2.97. The molecular weight excluding hydrogens is 620 g/mol. The monoisotopic (exact) mass is 658 g/mol. The van der Waals surface area contributed by atoms with Crippen molar-refractivity contribution in [2.24, 2.45) is 4.99 Å². The van der Waals surface area contributed by atoms with Crippen molar-refractivity contribution in [2.75, 3.05) is 73.1 Å². The van der Waals surface area contributed by atoms with E-state index in [2.05, 4.69) is 20.8 Å². The fraction of sp³-hybridized carbons (Fsp3) is 0.452. The highest BCUT2D eigenvalue weighted by molar-refractivity contribution is 6.30. The first-order chi connectivity index (χ1) is 22.4. The Balaban J connectivity index is 1.23. The summed E-state index contributed by atoms with van der Waals surface area (Å²) < 4.78 is 29.1. The van der Waals surface area contributed by atoms with Gasteiger partial charge in [-0.05, 0) is 37.3 Å². The number of hydrogen-bond donors (Lipinski definition) is 3. The number of halogens is 1. The van der Waals surface area contributed by atoms with Crippen LogP contribution >= 0.6 is 11.6 Å². The molecule has 2 heterocycles. The third kappa shape index (κ3) is 10.2. The fourth-order valence-corrected chi connectivity index (χ4v) is 4.81. The highest BCUT2D eigenvalue weighted by atomic mass is 35.5. The van der Waals surface area contributed by atoms with Crippen LogP contribution in [-0.2, 0) is 23.7 Å². The molecule has 14 nitrogen and oxygen atoms in total. The van der Waals surface area contributed by atoms with Crippen molar-refractivity contribution in [1.29, 1.82) is 0 Å². The molecule has 3 N–H and O–H groups in total. The summed E-state index contributed by atoms with van der Waals surface area (Å²) in [5, 5.41) is 22.9. The molecule has 2 amide bonds. The van der Waals surface area contributed by atoms with Crippen molar-refractivity contribution in [3.63, 3.8) is 0 Å². The van der Waals surface area contributed by atoms with Crippen molar-refractivity contribution in [3.8, 4) is 11.4 Å². The highest BCUT2D eigenvalue weighted by Crippen LogP contribution is 2.34. The second-order valence-electron chi connectivity index (χ2n) is 10.1. The summed E-state index contributed by atoms with van der Waals surface area (Å²) in [6.07, 6.45) is -1.01. The molecule has 248 valence electrons. The maximum Gasteiger partial charge on any atom is 0.404 e. The van der Waals surface area contributed by atoms with Crippen molar-refractivity contribution in [3.05, 3.63) is 70.3 Å². The van der Waals surface area contributed by atoms with E-state index in [0.717, 1.165) is 16.8 Å². The van der Waals surface area contributed by atoms with Crippen molar-refractivity contribution >= 4 is 29.3 Å². The maximum absolute atomic E-state index is 13.1. The van der Waals surface area contributed by atoms with Gasteiger partial charge in [-0.15, -0.1) is 10.2 Å². The highest BCUT2D eigenvalue weighted by Gasteiger charge is 2.30. The van der Waals surface area contributed by atoms with E-state index in [-0.39, 0.29) is 25.5 Å². The molecule has 0 bridgehead atoms. The van der Waals surface area contributed by atoms with Gasteiger partial charge in [0.2, 0.25) is 5.91 Å². The number of carbonyl (C=O) groups is 2. The zero-order chi connectivity index (χ0) is 32.7. The van der Waals surface area contributed by atoms with Crippen LogP contribution in [0.5, 0.6) is 5.75 Å². The third-order valence-corrected chi connectivity index (χ3v) is 7.09. The average Bonchev–Trinajstić information content (AvgIpc) is 3.37. The smallest absolute Gasteiger partial charge is 0.404 e. The molecule has 1 aliphatic rings. The van der Waals surface area contributed by atoms with Crippen LogP contribution in [0.3, 0.4) is 0 Å². The molecule has 0 spiro atoms. The van der Waals surface area contributed by atoms with Crippen LogP contribution in [0.4, 0.5) is 4.79 Å². The van der Waals surface area contributed by atoms with E-state index in [0.29, 0.717) is 80.9 Å². The molecule has 0 saturated heterocycles. The van der Waals surface area contributed by atoms with Gasteiger partial charge in [0.15, 0.2) is 5.82 Å². The molecule has 0 radical (unpaired) electrons. The minimum absolute atomic E-state index is 0.0632. The fourth-order valence-electron chi connectivity index (χ4n) is 4.68. The number of nitrogens with zero attached hydrogens (tertiary/aromatic N) is 4. The number of hydrogen-bond acceptors (Lipinski definition) is 10. The van der Waals surface area contributed by atoms with Crippen LogP contribution in [0.1, 0.15) is 35.2 Å². The number of aliphatic imine (C=N–C) groups is 1. The van der Waals surface area contributed by atoms with Gasteiger partial charge in [0, 0.05) is 29.2 Å². The van der Waals surface area contributed by atoms with Crippen molar-refractivity contribution in [1.82, 2.24) is 25.4 Å². The summed E-state index contributed by atoms with van der Waals surface area (Å²) in [6, 6.07) is 12.6. The zero-order valence-electron chi connectivity index (χ0n) is 25.9. The zero-order valence-corrected chi connectivity index (χ0v) is 26.6. The first kappa shape index (κ1) is 34.8. The third-order valence-electron chi connectivity index (χ3n) is 6.84. The Bertz CT molecular complexity index is 1470. The summed E-state index contributed by atoms with van der Waals surface area (Å²) in [5.41, 5.74) is 3.21. The van der Waals surface area contributed by atoms with Crippen LogP contribution in [0.2, 0.25) is 5.02 Å². The Hall–Kier alpha value is -4.08. The molecule has 15 heteroatoms. The number of benzene rings is 2. The molecule has 1 atom stereocenters. The lowest BCUT2D eigenvalue weighted by Gasteiger charge is -2.14. The van der Waals surface area contributed by atoms with E-state index in [1.54, 1.807) is 19.2 Å². The Morgan fingerprint density at radius 1 is 0.870 bits per heavy atom. The van der Waals surface area contributed by atoms with Crippen LogP contribution in [-0.4, -0.2) is 111 Å². The molecule has 46 heavy (non-hydrogen) atoms. The SMILES string of the molecule is COc1ccc2c(c1)C(c1ccc(Cl)cc1)=NC(CC(=O)NCCOCCOCCOCCOCCNC(=O)O)c1nnc(C)n1-2. The number of nitrogens with one attached hydrogen (secondary N) is 2. The number of aryl methyl sites for hydroxylation is 1. The number of carboxylic acid groups (broad SMARTS) is 1. The first-order valence-corrected chi connectivity index (χ1v) is 15.2. The predicted molar refractivity (Wildman–Crippen MR) is 169 cm³/mol. The van der Waals surface area contributed by atoms with Gasteiger partial charge in [0.05, 0.1) is 77.8 Å². The van der Waals surface area contributed by atoms with Crippen molar-refractivity contribution < 1.29 is 38.4 Å². The Morgan fingerprint density at radius 3 is 2.09 bits per heavy atom. The first-order valence-electron chi connectivity index (χ1n) is 14.9. The number of carbonyl (C=O) groups excluding carboxylic acids is 1. The van der Waals surface area contributed by atoms with Gasteiger partial charge in [0.1, 0.15) is 17.6 Å². The number of ether oxygens (including phenoxy) is 5. The van der Waals surface area contributed by atoms with Gasteiger partial charge in [0.25, 0.3) is 0 Å².